The minimum absolute atomic E-state index is 0.0516. The van der Waals surface area contributed by atoms with Gasteiger partial charge in [0.05, 0.1) is 13.0 Å². The fourth-order valence-electron chi connectivity index (χ4n) is 3.49. The Morgan fingerprint density at radius 1 is 1.03 bits per heavy atom. The topological polar surface area (TPSA) is 95.2 Å². The smallest absolute Gasteiger partial charge is 0.223 e. The summed E-state index contributed by atoms with van der Waals surface area (Å²) < 4.78 is 5.76. The second-order valence-corrected chi connectivity index (χ2v) is 7.15. The van der Waals surface area contributed by atoms with Gasteiger partial charge in [-0.15, -0.1) is 10.2 Å². The summed E-state index contributed by atoms with van der Waals surface area (Å²) in [6.45, 7) is 0.688. The van der Waals surface area contributed by atoms with Crippen molar-refractivity contribution in [1.29, 1.82) is 0 Å². The molecule has 2 heterocycles. The van der Waals surface area contributed by atoms with Crippen LogP contribution in [0.25, 0.3) is 10.9 Å². The van der Waals surface area contributed by atoms with E-state index in [1.807, 2.05) is 54.7 Å². The van der Waals surface area contributed by atoms with E-state index in [4.69, 9.17) is 4.42 Å². The molecule has 154 valence electrons. The summed E-state index contributed by atoms with van der Waals surface area (Å²) >= 11 is 0. The number of hydrogen-bond acceptors (Lipinski definition) is 5. The Labute approximate surface area is 174 Å². The van der Waals surface area contributed by atoms with E-state index in [9.17, 15) is 9.90 Å². The Hall–Kier alpha value is -3.45. The van der Waals surface area contributed by atoms with E-state index < -0.39 is 0 Å². The summed E-state index contributed by atoms with van der Waals surface area (Å²) in [7, 11) is 0. The first-order chi connectivity index (χ1) is 14.7. The molecule has 0 saturated heterocycles. The SMILES string of the molecule is O=C(CCc1nnc(Cc2c[nH]c3ccccc23)o1)N(CCO)Cc1ccccc1. The van der Waals surface area contributed by atoms with Crippen molar-refractivity contribution in [3.63, 3.8) is 0 Å². The van der Waals surface area contributed by atoms with Crippen molar-refractivity contribution in [2.45, 2.75) is 25.8 Å². The molecule has 2 aromatic heterocycles. The molecular weight excluding hydrogens is 380 g/mol. The van der Waals surface area contributed by atoms with Gasteiger partial charge < -0.3 is 19.4 Å². The summed E-state index contributed by atoms with van der Waals surface area (Å²) in [6, 6.07) is 17.8. The van der Waals surface area contributed by atoms with Gasteiger partial charge in [0.1, 0.15) is 0 Å². The molecular formula is C23H24N4O3. The summed E-state index contributed by atoms with van der Waals surface area (Å²) in [4.78, 5) is 17.5. The number of H-pyrrole nitrogens is 1. The lowest BCUT2D eigenvalue weighted by Crippen LogP contribution is -2.33. The van der Waals surface area contributed by atoms with Crippen LogP contribution in [0.3, 0.4) is 0 Å². The Morgan fingerprint density at radius 2 is 1.80 bits per heavy atom. The van der Waals surface area contributed by atoms with Gasteiger partial charge in [0, 0.05) is 43.0 Å². The van der Waals surface area contributed by atoms with Crippen molar-refractivity contribution in [3.05, 3.63) is 83.7 Å². The summed E-state index contributed by atoms with van der Waals surface area (Å²) in [5.41, 5.74) is 3.19. The van der Waals surface area contributed by atoms with Gasteiger partial charge in [0.2, 0.25) is 17.7 Å². The third-order valence-corrected chi connectivity index (χ3v) is 5.02. The molecule has 7 nitrogen and oxygen atoms in total. The monoisotopic (exact) mass is 404 g/mol. The number of amides is 1. The van der Waals surface area contributed by atoms with Crippen LogP contribution in [0, 0.1) is 0 Å². The second kappa shape index (κ2) is 9.37. The van der Waals surface area contributed by atoms with Gasteiger partial charge in [-0.1, -0.05) is 48.5 Å². The Bertz CT molecular complexity index is 1100. The van der Waals surface area contributed by atoms with Gasteiger partial charge in [-0.3, -0.25) is 4.79 Å². The highest BCUT2D eigenvalue weighted by atomic mass is 16.4. The van der Waals surface area contributed by atoms with Crippen molar-refractivity contribution in [3.8, 4) is 0 Å². The average Bonchev–Trinajstić information content (AvgIpc) is 3.40. The number of para-hydroxylation sites is 1. The van der Waals surface area contributed by atoms with E-state index in [-0.39, 0.29) is 18.9 Å². The molecule has 30 heavy (non-hydrogen) atoms. The summed E-state index contributed by atoms with van der Waals surface area (Å²) in [6.07, 6.45) is 3.11. The van der Waals surface area contributed by atoms with Crippen LogP contribution >= 0.6 is 0 Å². The van der Waals surface area contributed by atoms with Gasteiger partial charge in [0.15, 0.2) is 0 Å². The molecule has 0 unspecified atom stereocenters. The highest BCUT2D eigenvalue weighted by Gasteiger charge is 2.16. The molecule has 4 rings (SSSR count). The third kappa shape index (κ3) is 4.75. The number of aryl methyl sites for hydroxylation is 1. The standard InChI is InChI=1S/C23H24N4O3/c28-13-12-27(16-17-6-2-1-3-7-17)23(29)11-10-21-25-26-22(30-21)14-18-15-24-20-9-5-4-8-19(18)20/h1-9,15,24,28H,10-14,16H2. The lowest BCUT2D eigenvalue weighted by molar-refractivity contribution is -0.132. The third-order valence-electron chi connectivity index (χ3n) is 5.02. The van der Waals surface area contributed by atoms with Crippen molar-refractivity contribution < 1.29 is 14.3 Å². The average molecular weight is 404 g/mol. The molecule has 2 aromatic carbocycles. The van der Waals surface area contributed by atoms with Crippen molar-refractivity contribution >= 4 is 16.8 Å². The number of rotatable bonds is 9. The van der Waals surface area contributed by atoms with Gasteiger partial charge in [-0.2, -0.15) is 0 Å². The number of fused-ring (bicyclic) bond motifs is 1. The lowest BCUT2D eigenvalue weighted by Gasteiger charge is -2.21. The predicted molar refractivity (Wildman–Crippen MR) is 113 cm³/mol. The summed E-state index contributed by atoms with van der Waals surface area (Å²) in [5.74, 6) is 0.921. The number of benzene rings is 2. The molecule has 7 heteroatoms. The molecule has 0 fully saturated rings. The number of aliphatic hydroxyl groups is 1. The van der Waals surface area contributed by atoms with E-state index in [2.05, 4.69) is 21.2 Å². The number of hydrogen-bond donors (Lipinski definition) is 2. The number of carbonyl (C=O) groups excluding carboxylic acids is 1. The van der Waals surface area contributed by atoms with E-state index in [1.165, 1.54) is 0 Å². The van der Waals surface area contributed by atoms with E-state index in [0.29, 0.717) is 37.7 Å². The van der Waals surface area contributed by atoms with Gasteiger partial charge in [0.25, 0.3) is 0 Å². The number of aliphatic hydroxyl groups excluding tert-OH is 1. The Morgan fingerprint density at radius 3 is 2.63 bits per heavy atom. The molecule has 0 aliphatic heterocycles. The fraction of sp³-hybridized carbons (Fsp3) is 0.261. The highest BCUT2D eigenvalue weighted by Crippen LogP contribution is 2.20. The molecule has 0 atom stereocenters. The zero-order chi connectivity index (χ0) is 20.8. The van der Waals surface area contributed by atoms with Crippen molar-refractivity contribution in [2.24, 2.45) is 0 Å². The van der Waals surface area contributed by atoms with Crippen LogP contribution in [0.4, 0.5) is 0 Å². The summed E-state index contributed by atoms with van der Waals surface area (Å²) in [5, 5.41) is 18.7. The molecule has 0 spiro atoms. The lowest BCUT2D eigenvalue weighted by atomic mass is 10.1. The first-order valence-corrected chi connectivity index (χ1v) is 10.0. The number of aromatic nitrogens is 3. The van der Waals surface area contributed by atoms with Crippen molar-refractivity contribution in [2.75, 3.05) is 13.2 Å². The van der Waals surface area contributed by atoms with E-state index >= 15 is 0 Å². The molecule has 4 aromatic rings. The quantitative estimate of drug-likeness (QED) is 0.447. The molecule has 2 N–H and O–H groups in total. The minimum Gasteiger partial charge on any atom is -0.425 e. The molecule has 0 bridgehead atoms. The van der Waals surface area contributed by atoms with Crippen LogP contribution in [-0.2, 0) is 24.2 Å². The number of aromatic amines is 1. The molecule has 0 aliphatic carbocycles. The largest absolute Gasteiger partial charge is 0.425 e. The van der Waals surface area contributed by atoms with Gasteiger partial charge in [-0.25, -0.2) is 0 Å². The van der Waals surface area contributed by atoms with E-state index in [0.717, 1.165) is 22.0 Å². The predicted octanol–water partition coefficient (Wildman–Crippen LogP) is 3.10. The van der Waals surface area contributed by atoms with E-state index in [1.54, 1.807) is 4.90 Å². The maximum Gasteiger partial charge on any atom is 0.223 e. The maximum absolute atomic E-state index is 12.6. The highest BCUT2D eigenvalue weighted by molar-refractivity contribution is 5.83. The molecule has 0 saturated carbocycles. The first kappa shape index (κ1) is 19.8. The Kier molecular flexibility index (Phi) is 6.20. The maximum atomic E-state index is 12.6. The number of nitrogens with one attached hydrogen (secondary N) is 1. The van der Waals surface area contributed by atoms with Crippen LogP contribution in [0.2, 0.25) is 0 Å². The van der Waals surface area contributed by atoms with Crippen LogP contribution in [0.1, 0.15) is 29.3 Å². The van der Waals surface area contributed by atoms with Crippen LogP contribution in [0.5, 0.6) is 0 Å². The van der Waals surface area contributed by atoms with Crippen molar-refractivity contribution in [1.82, 2.24) is 20.1 Å². The number of carbonyl (C=O) groups is 1. The van der Waals surface area contributed by atoms with Crippen LogP contribution in [0.15, 0.2) is 65.2 Å². The van der Waals surface area contributed by atoms with Gasteiger partial charge in [-0.05, 0) is 17.2 Å². The second-order valence-electron chi connectivity index (χ2n) is 7.15. The molecule has 0 radical (unpaired) electrons. The van der Waals surface area contributed by atoms with Gasteiger partial charge >= 0.3 is 0 Å². The molecule has 0 aliphatic rings. The van der Waals surface area contributed by atoms with Crippen LogP contribution in [-0.4, -0.2) is 44.2 Å². The Balaban J connectivity index is 1.35. The first-order valence-electron chi connectivity index (χ1n) is 10.0. The molecule has 1 amide bonds. The zero-order valence-electron chi connectivity index (χ0n) is 16.6. The number of nitrogens with zero attached hydrogens (tertiary/aromatic N) is 3. The zero-order valence-corrected chi connectivity index (χ0v) is 16.6. The minimum atomic E-state index is -0.0755. The fourth-order valence-corrected chi connectivity index (χ4v) is 3.49. The van der Waals surface area contributed by atoms with Crippen LogP contribution < -0.4 is 0 Å². The normalized spacial score (nSPS) is 11.1.